The smallest absolute Gasteiger partial charge is 0.165 e. The fourth-order valence-corrected chi connectivity index (χ4v) is 1.52. The molecule has 2 nitrogen and oxygen atoms in total. The van der Waals surface area contributed by atoms with E-state index in [1.165, 1.54) is 7.11 Å². The van der Waals surface area contributed by atoms with E-state index >= 15 is 0 Å². The van der Waals surface area contributed by atoms with Gasteiger partial charge in [-0.15, -0.1) is 0 Å². The first-order chi connectivity index (χ1) is 7.54. The van der Waals surface area contributed by atoms with E-state index in [2.05, 4.69) is 26.1 Å². The lowest BCUT2D eigenvalue weighted by Crippen LogP contribution is -2.27. The summed E-state index contributed by atoms with van der Waals surface area (Å²) in [6.45, 7) is 7.13. The molecule has 0 aliphatic heterocycles. The van der Waals surface area contributed by atoms with Crippen molar-refractivity contribution in [3.8, 4) is 5.75 Å². The van der Waals surface area contributed by atoms with Gasteiger partial charge < -0.3 is 10.1 Å². The highest BCUT2D eigenvalue weighted by Gasteiger charge is 2.09. The Kier molecular flexibility index (Phi) is 4.74. The van der Waals surface area contributed by atoms with Crippen molar-refractivity contribution in [3.63, 3.8) is 0 Å². The summed E-state index contributed by atoms with van der Waals surface area (Å²) in [5.41, 5.74) is 0.992. The van der Waals surface area contributed by atoms with Crippen LogP contribution >= 0.6 is 0 Å². The molecule has 0 aliphatic rings. The first-order valence-corrected chi connectivity index (χ1v) is 5.61. The number of nitrogens with one attached hydrogen (secondary N) is 1. The van der Waals surface area contributed by atoms with Gasteiger partial charge in [-0.25, -0.2) is 4.39 Å². The van der Waals surface area contributed by atoms with E-state index in [-0.39, 0.29) is 5.82 Å². The summed E-state index contributed by atoms with van der Waals surface area (Å²) in [5.74, 6) is 0.298. The van der Waals surface area contributed by atoms with Crippen molar-refractivity contribution in [2.75, 3.05) is 13.7 Å². The normalized spacial score (nSPS) is 12.9. The molecule has 1 N–H and O–H groups in total. The molecule has 0 amide bonds. The predicted molar refractivity (Wildman–Crippen MR) is 64.5 cm³/mol. The van der Waals surface area contributed by atoms with E-state index < -0.39 is 0 Å². The average molecular weight is 225 g/mol. The lowest BCUT2D eigenvalue weighted by molar-refractivity contribution is 0.385. The molecule has 0 saturated heterocycles. The highest BCUT2D eigenvalue weighted by atomic mass is 19.1. The molecule has 0 aliphatic carbocycles. The van der Waals surface area contributed by atoms with Gasteiger partial charge in [0.15, 0.2) is 11.6 Å². The van der Waals surface area contributed by atoms with Gasteiger partial charge in [-0.1, -0.05) is 26.8 Å². The standard InChI is InChI=1S/C13H20FNO/c1-9(2)15-8-10(3)11-5-6-13(16-4)12(14)7-11/h5-7,9-10,15H,8H2,1-4H3. The van der Waals surface area contributed by atoms with Crippen LogP contribution in [-0.2, 0) is 0 Å². The SMILES string of the molecule is COc1ccc(C(C)CNC(C)C)cc1F. The quantitative estimate of drug-likeness (QED) is 0.832. The number of halogens is 1. The molecule has 0 radical (unpaired) electrons. The molecule has 0 saturated carbocycles. The van der Waals surface area contributed by atoms with Crippen molar-refractivity contribution in [3.05, 3.63) is 29.6 Å². The third-order valence-electron chi connectivity index (χ3n) is 2.58. The number of benzene rings is 1. The van der Waals surface area contributed by atoms with Crippen molar-refractivity contribution in [1.82, 2.24) is 5.32 Å². The second-order valence-corrected chi connectivity index (χ2v) is 4.36. The van der Waals surface area contributed by atoms with Crippen LogP contribution in [0.1, 0.15) is 32.3 Å². The fraction of sp³-hybridized carbons (Fsp3) is 0.538. The molecule has 1 unspecified atom stereocenters. The molecule has 0 spiro atoms. The van der Waals surface area contributed by atoms with Gasteiger partial charge >= 0.3 is 0 Å². The van der Waals surface area contributed by atoms with Crippen LogP contribution in [0, 0.1) is 5.82 Å². The zero-order valence-electron chi connectivity index (χ0n) is 10.4. The van der Waals surface area contributed by atoms with Gasteiger partial charge in [0.2, 0.25) is 0 Å². The Hall–Kier alpha value is -1.09. The van der Waals surface area contributed by atoms with Gasteiger partial charge in [0.1, 0.15) is 0 Å². The highest BCUT2D eigenvalue weighted by molar-refractivity contribution is 5.31. The maximum absolute atomic E-state index is 13.5. The summed E-state index contributed by atoms with van der Waals surface area (Å²) in [6, 6.07) is 5.59. The molecule has 0 aromatic heterocycles. The summed E-state index contributed by atoms with van der Waals surface area (Å²) in [7, 11) is 1.47. The third-order valence-corrected chi connectivity index (χ3v) is 2.58. The Bertz CT molecular complexity index is 339. The molecule has 90 valence electrons. The molecule has 1 rings (SSSR count). The van der Waals surface area contributed by atoms with Gasteiger partial charge in [-0.3, -0.25) is 0 Å². The van der Waals surface area contributed by atoms with Crippen LogP contribution in [0.15, 0.2) is 18.2 Å². The van der Waals surface area contributed by atoms with Gasteiger partial charge in [0.05, 0.1) is 7.11 Å². The molecule has 1 aromatic rings. The monoisotopic (exact) mass is 225 g/mol. The zero-order valence-corrected chi connectivity index (χ0v) is 10.4. The van der Waals surface area contributed by atoms with Crippen LogP contribution in [0.3, 0.4) is 0 Å². The summed E-state index contributed by atoms with van der Waals surface area (Å²) < 4.78 is 18.4. The minimum Gasteiger partial charge on any atom is -0.494 e. The van der Waals surface area contributed by atoms with Crippen LogP contribution in [0.25, 0.3) is 0 Å². The van der Waals surface area contributed by atoms with Crippen LogP contribution in [0.4, 0.5) is 4.39 Å². The van der Waals surface area contributed by atoms with E-state index in [4.69, 9.17) is 4.74 Å². The highest BCUT2D eigenvalue weighted by Crippen LogP contribution is 2.22. The molecule has 0 fully saturated rings. The van der Waals surface area contributed by atoms with Gasteiger partial charge in [0.25, 0.3) is 0 Å². The molecule has 1 atom stereocenters. The van der Waals surface area contributed by atoms with Crippen molar-refractivity contribution < 1.29 is 9.13 Å². The Morgan fingerprint density at radius 3 is 2.50 bits per heavy atom. The topological polar surface area (TPSA) is 21.3 Å². The summed E-state index contributed by atoms with van der Waals surface area (Å²) in [5, 5.41) is 3.34. The van der Waals surface area contributed by atoms with E-state index in [1.807, 2.05) is 6.07 Å². The van der Waals surface area contributed by atoms with Crippen LogP contribution in [0.2, 0.25) is 0 Å². The molecule has 1 aromatic carbocycles. The van der Waals surface area contributed by atoms with Crippen molar-refractivity contribution in [2.45, 2.75) is 32.7 Å². The fourth-order valence-electron chi connectivity index (χ4n) is 1.52. The lowest BCUT2D eigenvalue weighted by Gasteiger charge is -2.15. The van der Waals surface area contributed by atoms with Crippen molar-refractivity contribution in [1.29, 1.82) is 0 Å². The second kappa shape index (κ2) is 5.85. The Morgan fingerprint density at radius 1 is 1.31 bits per heavy atom. The summed E-state index contributed by atoms with van der Waals surface area (Å²) in [4.78, 5) is 0. The molecular formula is C13H20FNO. The number of ether oxygens (including phenoxy) is 1. The van der Waals surface area contributed by atoms with Gasteiger partial charge in [0, 0.05) is 12.6 Å². The van der Waals surface area contributed by atoms with Gasteiger partial charge in [-0.2, -0.15) is 0 Å². The Labute approximate surface area is 96.8 Å². The minimum atomic E-state index is -0.295. The van der Waals surface area contributed by atoms with E-state index in [9.17, 15) is 4.39 Å². The van der Waals surface area contributed by atoms with Crippen molar-refractivity contribution in [2.24, 2.45) is 0 Å². The lowest BCUT2D eigenvalue weighted by atomic mass is 10.0. The maximum Gasteiger partial charge on any atom is 0.165 e. The number of rotatable bonds is 5. The van der Waals surface area contributed by atoms with Crippen molar-refractivity contribution >= 4 is 0 Å². The average Bonchev–Trinajstić information content (AvgIpc) is 2.25. The Balaban J connectivity index is 2.69. The van der Waals surface area contributed by atoms with E-state index in [0.717, 1.165) is 12.1 Å². The first kappa shape index (κ1) is 13.0. The number of methoxy groups -OCH3 is 1. The Morgan fingerprint density at radius 2 is 2.00 bits per heavy atom. The predicted octanol–water partition coefficient (Wildman–Crippen LogP) is 2.94. The number of hydrogen-bond acceptors (Lipinski definition) is 2. The maximum atomic E-state index is 13.5. The first-order valence-electron chi connectivity index (χ1n) is 5.61. The zero-order chi connectivity index (χ0) is 12.1. The molecule has 0 heterocycles. The van der Waals surface area contributed by atoms with E-state index in [0.29, 0.717) is 17.7 Å². The van der Waals surface area contributed by atoms with E-state index in [1.54, 1.807) is 12.1 Å². The van der Waals surface area contributed by atoms with Crippen LogP contribution < -0.4 is 10.1 Å². The minimum absolute atomic E-state index is 0.294. The second-order valence-electron chi connectivity index (χ2n) is 4.36. The van der Waals surface area contributed by atoms with Crippen LogP contribution in [-0.4, -0.2) is 19.7 Å². The van der Waals surface area contributed by atoms with Crippen LogP contribution in [0.5, 0.6) is 5.75 Å². The third kappa shape index (κ3) is 3.49. The molecule has 16 heavy (non-hydrogen) atoms. The summed E-state index contributed by atoms with van der Waals surface area (Å²) >= 11 is 0. The molecule has 0 bridgehead atoms. The largest absolute Gasteiger partial charge is 0.494 e. The summed E-state index contributed by atoms with van der Waals surface area (Å²) in [6.07, 6.45) is 0. The molecule has 3 heteroatoms. The van der Waals surface area contributed by atoms with Gasteiger partial charge in [-0.05, 0) is 23.6 Å². The molecular weight excluding hydrogens is 205 g/mol. The number of hydrogen-bond donors (Lipinski definition) is 1.